The molecule has 0 aliphatic carbocycles. The summed E-state index contributed by atoms with van der Waals surface area (Å²) in [5.74, 6) is 0.356. The molecule has 3 N–H and O–H groups in total. The van der Waals surface area contributed by atoms with Gasteiger partial charge in [-0.2, -0.15) is 0 Å². The van der Waals surface area contributed by atoms with Gasteiger partial charge in [0.15, 0.2) is 5.11 Å². The molecular formula is C15H22N2O4S. The van der Waals surface area contributed by atoms with Crippen molar-refractivity contribution in [3.05, 3.63) is 29.8 Å². The molecule has 0 bridgehead atoms. The first-order chi connectivity index (χ1) is 10.5. The zero-order chi connectivity index (χ0) is 16.4. The van der Waals surface area contributed by atoms with Crippen LogP contribution in [0.1, 0.15) is 24.2 Å². The lowest BCUT2D eigenvalue weighted by atomic mass is 10.2. The fraction of sp³-hybridized carbons (Fsp3) is 0.467. The van der Waals surface area contributed by atoms with Crippen molar-refractivity contribution in [1.82, 2.24) is 10.6 Å². The molecule has 0 fully saturated rings. The summed E-state index contributed by atoms with van der Waals surface area (Å²) in [5.41, 5.74) is 0.471. The third kappa shape index (κ3) is 7.35. The van der Waals surface area contributed by atoms with Crippen molar-refractivity contribution in [3.8, 4) is 5.75 Å². The third-order valence-corrected chi connectivity index (χ3v) is 2.85. The maximum atomic E-state index is 11.9. The fourth-order valence-electron chi connectivity index (χ4n) is 1.53. The minimum absolute atomic E-state index is 0.183. The Labute approximate surface area is 135 Å². The second kappa shape index (κ2) is 10.1. The molecule has 7 heteroatoms. The average Bonchev–Trinajstić information content (AvgIpc) is 2.50. The molecule has 0 aromatic heterocycles. The van der Waals surface area contributed by atoms with Crippen LogP contribution in [0.2, 0.25) is 0 Å². The first kappa shape index (κ1) is 18.3. The zero-order valence-electron chi connectivity index (χ0n) is 12.8. The summed E-state index contributed by atoms with van der Waals surface area (Å²) in [6, 6.07) is 6.74. The van der Waals surface area contributed by atoms with Crippen LogP contribution < -0.4 is 15.4 Å². The predicted octanol–water partition coefficient (Wildman–Crippen LogP) is 1.09. The second-order valence-electron chi connectivity index (χ2n) is 4.58. The summed E-state index contributed by atoms with van der Waals surface area (Å²) < 4.78 is 10.6. The standard InChI is InChI=1S/C15H22N2O4S/c1-3-20-8-9-21-13-6-4-12(5-7-13)14(19)17-15(22)16-10-11(2)18/h4-7,11,18H,3,8-10H2,1-2H3,(H2,16,17,19,22). The normalized spacial score (nSPS) is 11.6. The number of aliphatic hydroxyl groups excluding tert-OH is 1. The Kier molecular flexibility index (Phi) is 8.42. The Hall–Kier alpha value is -1.70. The molecule has 0 saturated heterocycles. The van der Waals surface area contributed by atoms with Gasteiger partial charge in [-0.05, 0) is 50.3 Å². The molecule has 0 aliphatic rings. The van der Waals surface area contributed by atoms with Gasteiger partial charge in [-0.1, -0.05) is 0 Å². The van der Waals surface area contributed by atoms with Gasteiger partial charge in [-0.15, -0.1) is 0 Å². The van der Waals surface area contributed by atoms with Crippen molar-refractivity contribution in [2.75, 3.05) is 26.4 Å². The highest BCUT2D eigenvalue weighted by atomic mass is 32.1. The molecule has 22 heavy (non-hydrogen) atoms. The van der Waals surface area contributed by atoms with Gasteiger partial charge in [-0.3, -0.25) is 10.1 Å². The number of nitrogens with one attached hydrogen (secondary N) is 2. The van der Waals surface area contributed by atoms with E-state index in [1.54, 1.807) is 31.2 Å². The van der Waals surface area contributed by atoms with E-state index >= 15 is 0 Å². The number of benzene rings is 1. The van der Waals surface area contributed by atoms with Crippen molar-refractivity contribution >= 4 is 23.2 Å². The Balaban J connectivity index is 2.41. The van der Waals surface area contributed by atoms with Crippen molar-refractivity contribution < 1.29 is 19.4 Å². The van der Waals surface area contributed by atoms with Gasteiger partial charge in [0, 0.05) is 18.7 Å². The lowest BCUT2D eigenvalue weighted by Gasteiger charge is -2.11. The minimum atomic E-state index is -0.539. The van der Waals surface area contributed by atoms with Crippen molar-refractivity contribution in [2.45, 2.75) is 20.0 Å². The van der Waals surface area contributed by atoms with Gasteiger partial charge in [-0.25, -0.2) is 0 Å². The summed E-state index contributed by atoms with van der Waals surface area (Å²) in [6.07, 6.45) is -0.539. The van der Waals surface area contributed by atoms with Gasteiger partial charge < -0.3 is 19.9 Å². The van der Waals surface area contributed by atoms with E-state index in [-0.39, 0.29) is 17.6 Å². The van der Waals surface area contributed by atoms with Crippen LogP contribution in [-0.4, -0.2) is 48.6 Å². The maximum Gasteiger partial charge on any atom is 0.257 e. The molecule has 1 atom stereocenters. The molecule has 0 radical (unpaired) electrons. The smallest absolute Gasteiger partial charge is 0.257 e. The highest BCUT2D eigenvalue weighted by Crippen LogP contribution is 2.12. The molecule has 0 aliphatic heterocycles. The first-order valence-corrected chi connectivity index (χ1v) is 7.51. The molecule has 0 heterocycles. The second-order valence-corrected chi connectivity index (χ2v) is 4.99. The lowest BCUT2D eigenvalue weighted by Crippen LogP contribution is -2.41. The molecular weight excluding hydrogens is 304 g/mol. The number of ether oxygens (including phenoxy) is 2. The molecule has 1 amide bonds. The highest BCUT2D eigenvalue weighted by Gasteiger charge is 2.08. The summed E-state index contributed by atoms with van der Waals surface area (Å²) >= 11 is 4.96. The van der Waals surface area contributed by atoms with Crippen molar-refractivity contribution in [3.63, 3.8) is 0 Å². The molecule has 0 spiro atoms. The van der Waals surface area contributed by atoms with E-state index < -0.39 is 6.10 Å². The van der Waals surface area contributed by atoms with Gasteiger partial charge in [0.25, 0.3) is 5.91 Å². The molecule has 0 saturated carbocycles. The number of hydrogen-bond donors (Lipinski definition) is 3. The number of thiocarbonyl (C=S) groups is 1. The van der Waals surface area contributed by atoms with Gasteiger partial charge >= 0.3 is 0 Å². The Bertz CT molecular complexity index is 477. The average molecular weight is 326 g/mol. The third-order valence-electron chi connectivity index (χ3n) is 2.60. The van der Waals surface area contributed by atoms with E-state index in [0.717, 1.165) is 0 Å². The van der Waals surface area contributed by atoms with Crippen molar-refractivity contribution in [1.29, 1.82) is 0 Å². The van der Waals surface area contributed by atoms with E-state index in [9.17, 15) is 4.79 Å². The Morgan fingerprint density at radius 1 is 1.32 bits per heavy atom. The van der Waals surface area contributed by atoms with E-state index in [4.69, 9.17) is 26.8 Å². The van der Waals surface area contributed by atoms with Crippen LogP contribution in [0.4, 0.5) is 0 Å². The van der Waals surface area contributed by atoms with Crippen LogP contribution in [-0.2, 0) is 4.74 Å². The molecule has 1 aromatic carbocycles. The first-order valence-electron chi connectivity index (χ1n) is 7.10. The Morgan fingerprint density at radius 2 is 2.00 bits per heavy atom. The fourth-order valence-corrected chi connectivity index (χ4v) is 1.70. The monoisotopic (exact) mass is 326 g/mol. The molecule has 6 nitrogen and oxygen atoms in total. The highest BCUT2D eigenvalue weighted by molar-refractivity contribution is 7.80. The number of rotatable bonds is 8. The predicted molar refractivity (Wildman–Crippen MR) is 88.2 cm³/mol. The van der Waals surface area contributed by atoms with Gasteiger partial charge in [0.1, 0.15) is 12.4 Å². The van der Waals surface area contributed by atoms with Crippen LogP contribution in [0.5, 0.6) is 5.75 Å². The zero-order valence-corrected chi connectivity index (χ0v) is 13.6. The van der Waals surface area contributed by atoms with Gasteiger partial charge in [0.05, 0.1) is 12.7 Å². The summed E-state index contributed by atoms with van der Waals surface area (Å²) in [4.78, 5) is 11.9. The molecule has 122 valence electrons. The lowest BCUT2D eigenvalue weighted by molar-refractivity contribution is 0.0975. The number of hydrogen-bond acceptors (Lipinski definition) is 5. The van der Waals surface area contributed by atoms with E-state index in [1.165, 1.54) is 0 Å². The van der Waals surface area contributed by atoms with E-state index in [2.05, 4.69) is 10.6 Å². The molecule has 1 aromatic rings. The van der Waals surface area contributed by atoms with E-state index in [0.29, 0.717) is 31.1 Å². The number of carbonyl (C=O) groups excluding carboxylic acids is 1. The van der Waals surface area contributed by atoms with Crippen LogP contribution >= 0.6 is 12.2 Å². The quantitative estimate of drug-likeness (QED) is 0.490. The minimum Gasteiger partial charge on any atom is -0.491 e. The number of aliphatic hydroxyl groups is 1. The topological polar surface area (TPSA) is 79.8 Å². The SMILES string of the molecule is CCOCCOc1ccc(C(=O)NC(=S)NCC(C)O)cc1. The molecule has 1 rings (SSSR count). The molecule has 1 unspecified atom stereocenters. The van der Waals surface area contributed by atoms with Crippen LogP contribution in [0.3, 0.4) is 0 Å². The van der Waals surface area contributed by atoms with Crippen LogP contribution in [0, 0.1) is 0 Å². The van der Waals surface area contributed by atoms with Crippen LogP contribution in [0.15, 0.2) is 24.3 Å². The largest absolute Gasteiger partial charge is 0.491 e. The summed E-state index contributed by atoms with van der Waals surface area (Å²) in [7, 11) is 0. The number of carbonyl (C=O) groups is 1. The summed E-state index contributed by atoms with van der Waals surface area (Å²) in [5, 5.41) is 14.6. The maximum absolute atomic E-state index is 11.9. The van der Waals surface area contributed by atoms with E-state index in [1.807, 2.05) is 6.92 Å². The van der Waals surface area contributed by atoms with Crippen molar-refractivity contribution in [2.24, 2.45) is 0 Å². The Morgan fingerprint density at radius 3 is 2.59 bits per heavy atom. The summed E-state index contributed by atoms with van der Waals surface area (Å²) in [6.45, 7) is 5.49. The number of amides is 1. The van der Waals surface area contributed by atoms with Crippen LogP contribution in [0.25, 0.3) is 0 Å². The van der Waals surface area contributed by atoms with Gasteiger partial charge in [0.2, 0.25) is 0 Å².